The molecule has 0 radical (unpaired) electrons. The van der Waals surface area contributed by atoms with Gasteiger partial charge in [0, 0.05) is 6.61 Å². The Balaban J connectivity index is 1.90. The molecule has 1 aliphatic rings. The molecule has 1 fully saturated rings. The van der Waals surface area contributed by atoms with Crippen LogP contribution in [0.1, 0.15) is 30.2 Å². The standard InChI is InChI=1S/C13H15ClN2O2/c14-12(11-3-1-2-6-18-11)8-4-5-9-10(7-8)16-13(17)15-9/h4-5,7,11-12H,1-3,6H2,(H2,15,16,17). The molecule has 2 N–H and O–H groups in total. The minimum atomic E-state index is -0.192. The number of H-pyrrole nitrogens is 2. The van der Waals surface area contributed by atoms with Crippen molar-refractivity contribution < 1.29 is 4.74 Å². The first-order valence-electron chi connectivity index (χ1n) is 6.22. The topological polar surface area (TPSA) is 57.9 Å². The molecular weight excluding hydrogens is 252 g/mol. The summed E-state index contributed by atoms with van der Waals surface area (Å²) in [6, 6.07) is 5.74. The van der Waals surface area contributed by atoms with E-state index in [4.69, 9.17) is 16.3 Å². The predicted octanol–water partition coefficient (Wildman–Crippen LogP) is 2.71. The van der Waals surface area contributed by atoms with Crippen LogP contribution in [0.3, 0.4) is 0 Å². The summed E-state index contributed by atoms with van der Waals surface area (Å²) < 4.78 is 5.70. The minimum absolute atomic E-state index is 0.0727. The van der Waals surface area contributed by atoms with Crippen molar-refractivity contribution in [1.29, 1.82) is 0 Å². The lowest BCUT2D eigenvalue weighted by Crippen LogP contribution is -2.23. The molecule has 1 saturated heterocycles. The van der Waals surface area contributed by atoms with E-state index in [1.807, 2.05) is 18.2 Å². The van der Waals surface area contributed by atoms with Gasteiger partial charge in [-0.25, -0.2) is 4.79 Å². The van der Waals surface area contributed by atoms with Gasteiger partial charge in [0.25, 0.3) is 0 Å². The van der Waals surface area contributed by atoms with Crippen LogP contribution < -0.4 is 5.69 Å². The Morgan fingerprint density at radius 3 is 2.89 bits per heavy atom. The van der Waals surface area contributed by atoms with Gasteiger partial charge in [0.15, 0.2) is 0 Å². The zero-order valence-corrected chi connectivity index (χ0v) is 10.7. The Morgan fingerprint density at radius 2 is 2.11 bits per heavy atom. The normalized spacial score (nSPS) is 22.2. The maximum absolute atomic E-state index is 11.2. The van der Waals surface area contributed by atoms with Gasteiger partial charge in [-0.05, 0) is 37.0 Å². The number of hydrogen-bond donors (Lipinski definition) is 2. The summed E-state index contributed by atoms with van der Waals surface area (Å²) in [5, 5.41) is -0.159. The molecule has 0 bridgehead atoms. The second-order valence-corrected chi connectivity index (χ2v) is 5.16. The quantitative estimate of drug-likeness (QED) is 0.821. The Morgan fingerprint density at radius 1 is 1.28 bits per heavy atom. The van der Waals surface area contributed by atoms with Crippen molar-refractivity contribution in [2.24, 2.45) is 0 Å². The first-order chi connectivity index (χ1) is 8.74. The van der Waals surface area contributed by atoms with Crippen molar-refractivity contribution in [3.63, 3.8) is 0 Å². The lowest BCUT2D eigenvalue weighted by atomic mass is 10.0. The number of benzene rings is 1. The van der Waals surface area contributed by atoms with Crippen LogP contribution in [0.4, 0.5) is 0 Å². The zero-order chi connectivity index (χ0) is 12.5. The van der Waals surface area contributed by atoms with E-state index in [0.29, 0.717) is 0 Å². The predicted molar refractivity (Wildman–Crippen MR) is 71.1 cm³/mol. The zero-order valence-electron chi connectivity index (χ0n) is 9.91. The largest absolute Gasteiger partial charge is 0.376 e. The van der Waals surface area contributed by atoms with Crippen molar-refractivity contribution in [3.8, 4) is 0 Å². The smallest absolute Gasteiger partial charge is 0.323 e. The summed E-state index contributed by atoms with van der Waals surface area (Å²) >= 11 is 6.47. The highest BCUT2D eigenvalue weighted by molar-refractivity contribution is 6.21. The fourth-order valence-electron chi connectivity index (χ4n) is 2.43. The average Bonchev–Trinajstić information content (AvgIpc) is 2.78. The van der Waals surface area contributed by atoms with Gasteiger partial charge in [-0.1, -0.05) is 6.07 Å². The van der Waals surface area contributed by atoms with Gasteiger partial charge in [0.1, 0.15) is 0 Å². The molecule has 0 amide bonds. The lowest BCUT2D eigenvalue weighted by molar-refractivity contribution is 0.0136. The van der Waals surface area contributed by atoms with E-state index in [-0.39, 0.29) is 17.2 Å². The average molecular weight is 267 g/mol. The first kappa shape index (κ1) is 11.8. The summed E-state index contributed by atoms with van der Waals surface area (Å²) in [5.41, 5.74) is 2.39. The van der Waals surface area contributed by atoms with Gasteiger partial charge < -0.3 is 14.7 Å². The number of aromatic amines is 2. The molecular formula is C13H15ClN2O2. The maximum Gasteiger partial charge on any atom is 0.323 e. The number of hydrogen-bond acceptors (Lipinski definition) is 2. The number of imidazole rings is 1. The van der Waals surface area contributed by atoms with Gasteiger partial charge in [0.2, 0.25) is 0 Å². The highest BCUT2D eigenvalue weighted by atomic mass is 35.5. The number of aromatic nitrogens is 2. The summed E-state index contributed by atoms with van der Waals surface area (Å²) in [6.45, 7) is 0.789. The molecule has 2 unspecified atom stereocenters. The molecule has 1 aromatic carbocycles. The molecule has 5 heteroatoms. The van der Waals surface area contributed by atoms with Crippen molar-refractivity contribution in [2.45, 2.75) is 30.7 Å². The molecule has 18 heavy (non-hydrogen) atoms. The molecule has 4 nitrogen and oxygen atoms in total. The fourth-order valence-corrected chi connectivity index (χ4v) is 2.77. The van der Waals surface area contributed by atoms with E-state index in [1.54, 1.807) is 0 Å². The van der Waals surface area contributed by atoms with Crippen molar-refractivity contribution >= 4 is 22.6 Å². The van der Waals surface area contributed by atoms with Crippen LogP contribution in [0.2, 0.25) is 0 Å². The molecule has 2 aromatic rings. The summed E-state index contributed by atoms with van der Waals surface area (Å²) in [4.78, 5) is 16.7. The maximum atomic E-state index is 11.2. The van der Waals surface area contributed by atoms with Crippen LogP contribution in [-0.2, 0) is 4.74 Å². The number of halogens is 1. The van der Waals surface area contributed by atoms with E-state index in [0.717, 1.165) is 42.5 Å². The molecule has 1 aromatic heterocycles. The second-order valence-electron chi connectivity index (χ2n) is 4.69. The van der Waals surface area contributed by atoms with Crippen molar-refractivity contribution in [3.05, 3.63) is 34.2 Å². The molecule has 1 aliphatic heterocycles. The lowest BCUT2D eigenvalue weighted by Gasteiger charge is -2.26. The van der Waals surface area contributed by atoms with Gasteiger partial charge in [0.05, 0.1) is 22.5 Å². The number of alkyl halides is 1. The van der Waals surface area contributed by atoms with Gasteiger partial charge in [-0.3, -0.25) is 0 Å². The third kappa shape index (κ3) is 2.18. The molecule has 0 aliphatic carbocycles. The van der Waals surface area contributed by atoms with E-state index in [9.17, 15) is 4.79 Å². The van der Waals surface area contributed by atoms with Crippen LogP contribution in [0.5, 0.6) is 0 Å². The van der Waals surface area contributed by atoms with E-state index in [1.165, 1.54) is 0 Å². The highest BCUT2D eigenvalue weighted by Crippen LogP contribution is 2.32. The fraction of sp³-hybridized carbons (Fsp3) is 0.462. The van der Waals surface area contributed by atoms with Gasteiger partial charge in [-0.2, -0.15) is 0 Å². The molecule has 2 atom stereocenters. The minimum Gasteiger partial charge on any atom is -0.376 e. The number of fused-ring (bicyclic) bond motifs is 1. The molecule has 3 rings (SSSR count). The van der Waals surface area contributed by atoms with E-state index >= 15 is 0 Å². The summed E-state index contributed by atoms with van der Waals surface area (Å²) in [6.07, 6.45) is 3.35. The van der Waals surface area contributed by atoms with Crippen molar-refractivity contribution in [2.75, 3.05) is 6.61 Å². The van der Waals surface area contributed by atoms with Crippen LogP contribution in [-0.4, -0.2) is 22.7 Å². The number of ether oxygens (including phenoxy) is 1. The number of nitrogens with one attached hydrogen (secondary N) is 2. The van der Waals surface area contributed by atoms with Crippen LogP contribution in [0, 0.1) is 0 Å². The Hall–Kier alpha value is -1.26. The summed E-state index contributed by atoms with van der Waals surface area (Å²) in [7, 11) is 0. The van der Waals surface area contributed by atoms with Crippen LogP contribution in [0.25, 0.3) is 11.0 Å². The molecule has 0 saturated carbocycles. The van der Waals surface area contributed by atoms with E-state index < -0.39 is 0 Å². The van der Waals surface area contributed by atoms with Crippen LogP contribution in [0.15, 0.2) is 23.0 Å². The molecule has 96 valence electrons. The Kier molecular flexibility index (Phi) is 3.14. The van der Waals surface area contributed by atoms with Gasteiger partial charge >= 0.3 is 5.69 Å². The Bertz CT molecular complexity index is 598. The summed E-state index contributed by atoms with van der Waals surface area (Å²) in [5.74, 6) is 0. The monoisotopic (exact) mass is 266 g/mol. The van der Waals surface area contributed by atoms with Crippen LogP contribution >= 0.6 is 11.6 Å². The van der Waals surface area contributed by atoms with E-state index in [2.05, 4.69) is 9.97 Å². The molecule has 2 heterocycles. The van der Waals surface area contributed by atoms with Crippen molar-refractivity contribution in [1.82, 2.24) is 9.97 Å². The molecule has 0 spiro atoms. The first-order valence-corrected chi connectivity index (χ1v) is 6.65. The SMILES string of the molecule is O=c1[nH]c2ccc(C(Cl)C3CCCCO3)cc2[nH]1. The third-order valence-electron chi connectivity index (χ3n) is 3.40. The van der Waals surface area contributed by atoms with Gasteiger partial charge in [-0.15, -0.1) is 11.6 Å². The highest BCUT2D eigenvalue weighted by Gasteiger charge is 2.24. The number of rotatable bonds is 2. The third-order valence-corrected chi connectivity index (χ3v) is 3.93. The second kappa shape index (κ2) is 4.78. The Labute approximate surface area is 109 Å².